The van der Waals surface area contributed by atoms with Crippen molar-refractivity contribution in [2.45, 2.75) is 6.42 Å². The van der Waals surface area contributed by atoms with Crippen LogP contribution in [0.1, 0.15) is 6.42 Å². The zero-order chi connectivity index (χ0) is 13.8. The Labute approximate surface area is 134 Å². The van der Waals surface area contributed by atoms with E-state index < -0.39 is 0 Å². The van der Waals surface area contributed by atoms with Crippen molar-refractivity contribution in [3.63, 3.8) is 0 Å². The Morgan fingerprint density at radius 3 is 2.65 bits per heavy atom. The van der Waals surface area contributed by atoms with Crippen molar-refractivity contribution in [1.29, 1.82) is 0 Å². The molecule has 1 saturated heterocycles. The van der Waals surface area contributed by atoms with Gasteiger partial charge in [-0.3, -0.25) is 9.88 Å². The first-order valence-electron chi connectivity index (χ1n) is 7.25. The predicted molar refractivity (Wildman–Crippen MR) is 93.9 cm³/mol. The maximum atomic E-state index is 4.57. The van der Waals surface area contributed by atoms with Crippen molar-refractivity contribution >= 4 is 39.2 Å². The van der Waals surface area contributed by atoms with Crippen LogP contribution in [-0.4, -0.2) is 47.0 Å². The summed E-state index contributed by atoms with van der Waals surface area (Å²) >= 11 is 2.46. The van der Waals surface area contributed by atoms with Gasteiger partial charge in [0, 0.05) is 42.2 Å². The molecule has 0 atom stereocenters. The lowest BCUT2D eigenvalue weighted by atomic mass is 10.1. The Hall–Kier alpha value is -0.880. The smallest absolute Gasteiger partial charge is 0.0935 e. The molecule has 0 spiro atoms. The molecular weight excluding hydrogens is 361 g/mol. The molecule has 20 heavy (non-hydrogen) atoms. The van der Waals surface area contributed by atoms with E-state index in [4.69, 9.17) is 0 Å². The summed E-state index contributed by atoms with van der Waals surface area (Å²) < 4.78 is 1.26. The van der Waals surface area contributed by atoms with Crippen LogP contribution in [0.15, 0.2) is 36.5 Å². The summed E-state index contributed by atoms with van der Waals surface area (Å²) in [6.07, 6.45) is 3.19. The van der Waals surface area contributed by atoms with E-state index in [0.29, 0.717) is 0 Å². The van der Waals surface area contributed by atoms with Crippen LogP contribution in [0.25, 0.3) is 10.9 Å². The molecule has 3 rings (SSSR count). The number of nitrogens with zero attached hydrogens (tertiary/aromatic N) is 3. The van der Waals surface area contributed by atoms with E-state index in [1.807, 2.05) is 12.3 Å². The van der Waals surface area contributed by atoms with Crippen LogP contribution < -0.4 is 4.90 Å². The first kappa shape index (κ1) is 14.1. The first-order valence-corrected chi connectivity index (χ1v) is 8.78. The zero-order valence-corrected chi connectivity index (χ0v) is 13.8. The molecule has 0 radical (unpaired) electrons. The Morgan fingerprint density at radius 2 is 1.85 bits per heavy atom. The number of rotatable bonds is 4. The van der Waals surface area contributed by atoms with Gasteiger partial charge in [-0.05, 0) is 25.1 Å². The Bertz CT molecular complexity index is 559. The molecule has 1 fully saturated rings. The molecule has 1 aromatic heterocycles. The summed E-state index contributed by atoms with van der Waals surface area (Å²) in [6, 6.07) is 10.6. The molecule has 1 aliphatic heterocycles. The lowest BCUT2D eigenvalue weighted by molar-refractivity contribution is 0.260. The highest BCUT2D eigenvalue weighted by atomic mass is 127. The van der Waals surface area contributed by atoms with Gasteiger partial charge >= 0.3 is 0 Å². The molecule has 3 nitrogen and oxygen atoms in total. The van der Waals surface area contributed by atoms with Crippen molar-refractivity contribution in [1.82, 2.24) is 9.88 Å². The van der Waals surface area contributed by atoms with Gasteiger partial charge in [0.1, 0.15) is 0 Å². The maximum absolute atomic E-state index is 4.57. The summed E-state index contributed by atoms with van der Waals surface area (Å²) in [4.78, 5) is 9.63. The van der Waals surface area contributed by atoms with E-state index >= 15 is 0 Å². The van der Waals surface area contributed by atoms with E-state index in [9.17, 15) is 0 Å². The number of halogens is 1. The largest absolute Gasteiger partial charge is 0.367 e. The normalized spacial score (nSPS) is 16.8. The van der Waals surface area contributed by atoms with Crippen molar-refractivity contribution in [2.24, 2.45) is 0 Å². The molecule has 106 valence electrons. The fraction of sp³-hybridized carbons (Fsp3) is 0.438. The highest BCUT2D eigenvalue weighted by Crippen LogP contribution is 2.25. The van der Waals surface area contributed by atoms with Gasteiger partial charge in [0.25, 0.3) is 0 Å². The van der Waals surface area contributed by atoms with Crippen LogP contribution >= 0.6 is 22.6 Å². The van der Waals surface area contributed by atoms with Crippen LogP contribution in [0.4, 0.5) is 5.69 Å². The van der Waals surface area contributed by atoms with E-state index in [0.717, 1.165) is 18.6 Å². The van der Waals surface area contributed by atoms with Gasteiger partial charge in [0.2, 0.25) is 0 Å². The quantitative estimate of drug-likeness (QED) is 0.599. The summed E-state index contributed by atoms with van der Waals surface area (Å²) in [5, 5.41) is 1.23. The minimum absolute atomic E-state index is 1.11. The molecule has 0 aliphatic carbocycles. The van der Waals surface area contributed by atoms with Gasteiger partial charge in [0.15, 0.2) is 0 Å². The van der Waals surface area contributed by atoms with Crippen LogP contribution in [0.2, 0.25) is 0 Å². The second-order valence-electron chi connectivity index (χ2n) is 5.22. The number of hydrogen-bond donors (Lipinski definition) is 0. The maximum Gasteiger partial charge on any atom is 0.0935 e. The lowest BCUT2D eigenvalue weighted by Gasteiger charge is -2.36. The third kappa shape index (κ3) is 3.06. The number of fused-ring (bicyclic) bond motifs is 1. The van der Waals surface area contributed by atoms with Crippen LogP contribution in [0.3, 0.4) is 0 Å². The first-order chi connectivity index (χ1) is 9.88. The molecule has 4 heteroatoms. The fourth-order valence-corrected chi connectivity index (χ4v) is 3.18. The summed E-state index contributed by atoms with van der Waals surface area (Å²) in [5.74, 6) is 0. The molecular formula is C16H20IN3. The Balaban J connectivity index is 1.74. The SMILES string of the molecule is ICCCN1CCN(c2cccc3cccnc23)CC1. The molecule has 1 aromatic carbocycles. The van der Waals surface area contributed by atoms with Gasteiger partial charge in [-0.25, -0.2) is 0 Å². The molecule has 0 N–H and O–H groups in total. The number of hydrogen-bond acceptors (Lipinski definition) is 3. The van der Waals surface area contributed by atoms with Gasteiger partial charge < -0.3 is 4.90 Å². The van der Waals surface area contributed by atoms with Gasteiger partial charge in [0.05, 0.1) is 11.2 Å². The fourth-order valence-electron chi connectivity index (χ4n) is 2.84. The third-order valence-corrected chi connectivity index (χ3v) is 4.70. The van der Waals surface area contributed by atoms with E-state index in [-0.39, 0.29) is 0 Å². The lowest BCUT2D eigenvalue weighted by Crippen LogP contribution is -2.46. The molecule has 0 saturated carbocycles. The number of para-hydroxylation sites is 1. The number of alkyl halides is 1. The molecule has 2 heterocycles. The van der Waals surface area contributed by atoms with Gasteiger partial charge in [-0.1, -0.05) is 40.8 Å². The average molecular weight is 381 g/mol. The number of piperazine rings is 1. The van der Waals surface area contributed by atoms with Gasteiger partial charge in [-0.2, -0.15) is 0 Å². The molecule has 0 unspecified atom stereocenters. The average Bonchev–Trinajstić information content (AvgIpc) is 2.53. The van der Waals surface area contributed by atoms with Crippen LogP contribution in [0.5, 0.6) is 0 Å². The van der Waals surface area contributed by atoms with Crippen molar-refractivity contribution in [3.8, 4) is 0 Å². The Morgan fingerprint density at radius 1 is 1.05 bits per heavy atom. The number of benzene rings is 1. The summed E-state index contributed by atoms with van der Waals surface area (Å²) in [7, 11) is 0. The van der Waals surface area contributed by atoms with E-state index in [1.54, 1.807) is 0 Å². The number of aromatic nitrogens is 1. The number of pyridine rings is 1. The predicted octanol–water partition coefficient (Wildman–Crippen LogP) is 3.18. The van der Waals surface area contributed by atoms with Crippen molar-refractivity contribution in [2.75, 3.05) is 42.1 Å². The van der Waals surface area contributed by atoms with Crippen LogP contribution in [0, 0.1) is 0 Å². The number of anilines is 1. The third-order valence-electron chi connectivity index (χ3n) is 3.93. The molecule has 2 aromatic rings. The Kier molecular flexibility index (Phi) is 4.73. The van der Waals surface area contributed by atoms with E-state index in [2.05, 4.69) is 61.6 Å². The zero-order valence-electron chi connectivity index (χ0n) is 11.6. The van der Waals surface area contributed by atoms with Gasteiger partial charge in [-0.15, -0.1) is 0 Å². The summed E-state index contributed by atoms with van der Waals surface area (Å²) in [5.41, 5.74) is 2.42. The highest BCUT2D eigenvalue weighted by molar-refractivity contribution is 14.1. The molecule has 0 amide bonds. The standard InChI is InChI=1S/C16H20IN3/c17-7-3-9-19-10-12-20(13-11-19)15-6-1-4-14-5-2-8-18-16(14)15/h1-2,4-6,8H,3,7,9-13H2. The minimum atomic E-state index is 1.11. The molecule has 0 bridgehead atoms. The van der Waals surface area contributed by atoms with Crippen molar-refractivity contribution in [3.05, 3.63) is 36.5 Å². The van der Waals surface area contributed by atoms with E-state index in [1.165, 1.54) is 41.6 Å². The van der Waals surface area contributed by atoms with Crippen LogP contribution in [-0.2, 0) is 0 Å². The van der Waals surface area contributed by atoms with Crippen molar-refractivity contribution < 1.29 is 0 Å². The second-order valence-corrected chi connectivity index (χ2v) is 6.30. The second kappa shape index (κ2) is 6.72. The monoisotopic (exact) mass is 381 g/mol. The summed E-state index contributed by atoms with van der Waals surface area (Å²) in [6.45, 7) is 5.79. The topological polar surface area (TPSA) is 19.4 Å². The molecule has 1 aliphatic rings. The highest BCUT2D eigenvalue weighted by Gasteiger charge is 2.18. The minimum Gasteiger partial charge on any atom is -0.367 e.